The van der Waals surface area contributed by atoms with Gasteiger partial charge in [0.15, 0.2) is 11.0 Å². The molecule has 0 unspecified atom stereocenters. The van der Waals surface area contributed by atoms with Crippen molar-refractivity contribution in [2.75, 3.05) is 14.2 Å². The maximum atomic E-state index is 12.8. The molecule has 0 radical (unpaired) electrons. The van der Waals surface area contributed by atoms with Gasteiger partial charge in [0.05, 0.1) is 26.3 Å². The molecule has 3 aromatic rings. The normalized spacial score (nSPS) is 10.9. The standard InChI is InChI=1S/C22H27N5O3S/c1-15(2)13-27-20(25-26-22(27)31-14-16-7-9-23-10-8-16)12-24-21(28)18-11-17(29-3)5-6-19(18)30-4/h5-11,15H,12-14H2,1-4H3,(H,24,28). The first-order valence-electron chi connectivity index (χ1n) is 9.95. The number of pyridine rings is 1. The molecule has 1 aromatic carbocycles. The van der Waals surface area contributed by atoms with Crippen LogP contribution in [0, 0.1) is 5.92 Å². The molecule has 2 aromatic heterocycles. The maximum Gasteiger partial charge on any atom is 0.255 e. The van der Waals surface area contributed by atoms with Crippen LogP contribution in [0.4, 0.5) is 0 Å². The van der Waals surface area contributed by atoms with Crippen molar-refractivity contribution in [1.29, 1.82) is 0 Å². The van der Waals surface area contributed by atoms with Crippen molar-refractivity contribution in [2.24, 2.45) is 5.92 Å². The van der Waals surface area contributed by atoms with Crippen LogP contribution in [0.2, 0.25) is 0 Å². The van der Waals surface area contributed by atoms with Gasteiger partial charge in [0.2, 0.25) is 0 Å². The van der Waals surface area contributed by atoms with E-state index in [4.69, 9.17) is 9.47 Å². The van der Waals surface area contributed by atoms with Crippen LogP contribution in [-0.2, 0) is 18.8 Å². The predicted octanol–water partition coefficient (Wildman–Crippen LogP) is 3.57. The molecule has 2 heterocycles. The summed E-state index contributed by atoms with van der Waals surface area (Å²) in [6.45, 7) is 5.30. The van der Waals surface area contributed by atoms with Gasteiger partial charge in [-0.1, -0.05) is 25.6 Å². The first-order valence-corrected chi connectivity index (χ1v) is 10.9. The van der Waals surface area contributed by atoms with Gasteiger partial charge in [-0.25, -0.2) is 0 Å². The van der Waals surface area contributed by atoms with Crippen molar-refractivity contribution in [3.63, 3.8) is 0 Å². The van der Waals surface area contributed by atoms with Gasteiger partial charge in [-0.3, -0.25) is 9.78 Å². The number of nitrogens with one attached hydrogen (secondary N) is 1. The van der Waals surface area contributed by atoms with Gasteiger partial charge in [-0.05, 0) is 41.8 Å². The first kappa shape index (κ1) is 22.6. The van der Waals surface area contributed by atoms with Crippen molar-refractivity contribution in [3.05, 3.63) is 59.7 Å². The molecule has 31 heavy (non-hydrogen) atoms. The van der Waals surface area contributed by atoms with Crippen LogP contribution in [0.25, 0.3) is 0 Å². The van der Waals surface area contributed by atoms with Gasteiger partial charge in [-0.15, -0.1) is 10.2 Å². The molecule has 0 aliphatic carbocycles. The highest BCUT2D eigenvalue weighted by Crippen LogP contribution is 2.25. The first-order chi connectivity index (χ1) is 15.0. The fourth-order valence-electron chi connectivity index (χ4n) is 2.98. The van der Waals surface area contributed by atoms with Gasteiger partial charge in [-0.2, -0.15) is 0 Å². The predicted molar refractivity (Wildman–Crippen MR) is 119 cm³/mol. The molecule has 0 aliphatic rings. The van der Waals surface area contributed by atoms with Crippen molar-refractivity contribution in [1.82, 2.24) is 25.1 Å². The van der Waals surface area contributed by atoms with E-state index in [1.807, 2.05) is 12.1 Å². The van der Waals surface area contributed by atoms with E-state index in [-0.39, 0.29) is 12.5 Å². The van der Waals surface area contributed by atoms with Crippen LogP contribution in [0.3, 0.4) is 0 Å². The van der Waals surface area contributed by atoms with Crippen molar-refractivity contribution >= 4 is 17.7 Å². The molecule has 9 heteroatoms. The lowest BCUT2D eigenvalue weighted by Crippen LogP contribution is -2.25. The Morgan fingerprint density at radius 3 is 2.58 bits per heavy atom. The van der Waals surface area contributed by atoms with E-state index < -0.39 is 0 Å². The zero-order chi connectivity index (χ0) is 22.2. The fourth-order valence-corrected chi connectivity index (χ4v) is 3.90. The lowest BCUT2D eigenvalue weighted by Gasteiger charge is -2.14. The van der Waals surface area contributed by atoms with Gasteiger partial charge < -0.3 is 19.4 Å². The Morgan fingerprint density at radius 2 is 1.90 bits per heavy atom. The van der Waals surface area contributed by atoms with Crippen LogP contribution in [0.5, 0.6) is 11.5 Å². The third kappa shape index (κ3) is 5.97. The summed E-state index contributed by atoms with van der Waals surface area (Å²) in [6.07, 6.45) is 3.56. The number of carbonyl (C=O) groups is 1. The molecule has 0 atom stereocenters. The highest BCUT2D eigenvalue weighted by atomic mass is 32.2. The fraction of sp³-hybridized carbons (Fsp3) is 0.364. The van der Waals surface area contributed by atoms with E-state index in [9.17, 15) is 4.79 Å². The molecule has 0 saturated carbocycles. The van der Waals surface area contributed by atoms with Crippen LogP contribution in [0.15, 0.2) is 47.9 Å². The summed E-state index contributed by atoms with van der Waals surface area (Å²) in [5.74, 6) is 2.69. The number of thioether (sulfide) groups is 1. The summed E-state index contributed by atoms with van der Waals surface area (Å²) in [5, 5.41) is 12.4. The van der Waals surface area contributed by atoms with Crippen LogP contribution in [0.1, 0.15) is 35.6 Å². The second-order valence-corrected chi connectivity index (χ2v) is 8.24. The third-order valence-corrected chi connectivity index (χ3v) is 5.55. The molecular formula is C22H27N5O3S. The maximum absolute atomic E-state index is 12.8. The van der Waals surface area contributed by atoms with E-state index in [0.717, 1.165) is 17.5 Å². The minimum atomic E-state index is -0.263. The summed E-state index contributed by atoms with van der Waals surface area (Å²) < 4.78 is 12.6. The minimum absolute atomic E-state index is 0.259. The third-order valence-electron chi connectivity index (χ3n) is 4.52. The largest absolute Gasteiger partial charge is 0.497 e. The molecule has 164 valence electrons. The number of ether oxygens (including phenoxy) is 2. The summed E-state index contributed by atoms with van der Waals surface area (Å²) in [5.41, 5.74) is 1.57. The lowest BCUT2D eigenvalue weighted by atomic mass is 10.1. The molecule has 1 amide bonds. The Hall–Kier alpha value is -3.07. The highest BCUT2D eigenvalue weighted by Gasteiger charge is 2.17. The number of amides is 1. The van der Waals surface area contributed by atoms with Gasteiger partial charge >= 0.3 is 0 Å². The number of aromatic nitrogens is 4. The average Bonchev–Trinajstić information content (AvgIpc) is 3.16. The Balaban J connectivity index is 1.73. The Labute approximate surface area is 186 Å². The van der Waals surface area contributed by atoms with Crippen molar-refractivity contribution in [3.8, 4) is 11.5 Å². The zero-order valence-electron chi connectivity index (χ0n) is 18.2. The van der Waals surface area contributed by atoms with Crippen LogP contribution >= 0.6 is 11.8 Å². The second-order valence-electron chi connectivity index (χ2n) is 7.30. The van der Waals surface area contributed by atoms with Crippen LogP contribution < -0.4 is 14.8 Å². The second kappa shape index (κ2) is 10.8. The van der Waals surface area contributed by atoms with Crippen LogP contribution in [-0.4, -0.2) is 39.9 Å². The SMILES string of the molecule is COc1ccc(OC)c(C(=O)NCc2nnc(SCc3ccncc3)n2CC(C)C)c1. The van der Waals surface area contributed by atoms with E-state index >= 15 is 0 Å². The molecule has 1 N–H and O–H groups in total. The van der Waals surface area contributed by atoms with E-state index in [0.29, 0.717) is 28.8 Å². The molecule has 0 bridgehead atoms. The smallest absolute Gasteiger partial charge is 0.255 e. The monoisotopic (exact) mass is 441 g/mol. The van der Waals surface area contributed by atoms with E-state index in [1.54, 1.807) is 49.5 Å². The number of nitrogens with zero attached hydrogens (tertiary/aromatic N) is 4. The van der Waals surface area contributed by atoms with Gasteiger partial charge in [0.25, 0.3) is 5.91 Å². The minimum Gasteiger partial charge on any atom is -0.497 e. The van der Waals surface area contributed by atoms with Crippen molar-refractivity contribution in [2.45, 2.75) is 37.8 Å². The summed E-state index contributed by atoms with van der Waals surface area (Å²) >= 11 is 1.62. The number of methoxy groups -OCH3 is 2. The van der Waals surface area contributed by atoms with Crippen molar-refractivity contribution < 1.29 is 14.3 Å². The number of rotatable bonds is 10. The Morgan fingerprint density at radius 1 is 1.13 bits per heavy atom. The molecule has 0 spiro atoms. The topological polar surface area (TPSA) is 91.2 Å². The molecule has 8 nitrogen and oxygen atoms in total. The lowest BCUT2D eigenvalue weighted by molar-refractivity contribution is 0.0946. The molecule has 3 rings (SSSR count). The summed E-state index contributed by atoms with van der Waals surface area (Å²) in [6, 6.07) is 9.09. The summed E-state index contributed by atoms with van der Waals surface area (Å²) in [7, 11) is 3.09. The summed E-state index contributed by atoms with van der Waals surface area (Å²) in [4.78, 5) is 16.9. The van der Waals surface area contributed by atoms with E-state index in [1.165, 1.54) is 12.7 Å². The molecule has 0 aliphatic heterocycles. The average molecular weight is 442 g/mol. The number of hydrogen-bond donors (Lipinski definition) is 1. The number of benzene rings is 1. The number of carbonyl (C=O) groups excluding carboxylic acids is 1. The Bertz CT molecular complexity index is 1010. The van der Waals surface area contributed by atoms with E-state index in [2.05, 4.69) is 38.9 Å². The number of hydrogen-bond acceptors (Lipinski definition) is 7. The van der Waals surface area contributed by atoms with Gasteiger partial charge in [0, 0.05) is 24.7 Å². The van der Waals surface area contributed by atoms with Gasteiger partial charge in [0.1, 0.15) is 11.5 Å². The molecular weight excluding hydrogens is 414 g/mol. The Kier molecular flexibility index (Phi) is 7.88. The quantitative estimate of drug-likeness (QED) is 0.481. The molecule has 0 saturated heterocycles. The zero-order valence-corrected chi connectivity index (χ0v) is 19.0. The highest BCUT2D eigenvalue weighted by molar-refractivity contribution is 7.98. The molecule has 0 fully saturated rings.